The van der Waals surface area contributed by atoms with Crippen LogP contribution >= 0.6 is 0 Å². The van der Waals surface area contributed by atoms with Crippen LogP contribution in [0.15, 0.2) is 42.5 Å². The number of anilines is 1. The van der Waals surface area contributed by atoms with Gasteiger partial charge >= 0.3 is 6.03 Å². The van der Waals surface area contributed by atoms with Crippen LogP contribution in [0.5, 0.6) is 5.75 Å². The fraction of sp³-hybridized carbons (Fsp3) is 0.381. The second-order valence-electron chi connectivity index (χ2n) is 6.94. The highest BCUT2D eigenvalue weighted by atomic mass is 16.5. The van der Waals surface area contributed by atoms with Gasteiger partial charge in [-0.05, 0) is 74.3 Å². The molecular formula is C21H27N3O2. The van der Waals surface area contributed by atoms with Crippen molar-refractivity contribution in [3.05, 3.63) is 59.2 Å². The van der Waals surface area contributed by atoms with E-state index in [2.05, 4.69) is 27.7 Å². The van der Waals surface area contributed by atoms with Crippen LogP contribution in [0.1, 0.15) is 23.1 Å². The molecule has 1 aliphatic rings. The molecule has 1 aliphatic carbocycles. The number of hydrogen-bond donors (Lipinski definition) is 2. The highest BCUT2D eigenvalue weighted by Crippen LogP contribution is 2.24. The molecule has 0 heterocycles. The predicted molar refractivity (Wildman–Crippen MR) is 105 cm³/mol. The summed E-state index contributed by atoms with van der Waals surface area (Å²) in [5.41, 5.74) is 4.62. The molecule has 5 heteroatoms. The largest absolute Gasteiger partial charge is 0.492 e. The van der Waals surface area contributed by atoms with Gasteiger partial charge in [-0.25, -0.2) is 4.79 Å². The molecular weight excluding hydrogens is 326 g/mol. The van der Waals surface area contributed by atoms with E-state index in [0.717, 1.165) is 36.4 Å². The van der Waals surface area contributed by atoms with Crippen molar-refractivity contribution in [3.63, 3.8) is 0 Å². The van der Waals surface area contributed by atoms with Crippen LogP contribution in [-0.2, 0) is 19.4 Å². The maximum Gasteiger partial charge on any atom is 0.319 e. The van der Waals surface area contributed by atoms with Crippen molar-refractivity contribution in [1.82, 2.24) is 10.2 Å². The van der Waals surface area contributed by atoms with Crippen molar-refractivity contribution in [2.24, 2.45) is 0 Å². The van der Waals surface area contributed by atoms with Crippen molar-refractivity contribution in [2.75, 3.05) is 32.6 Å². The number of nitrogens with zero attached hydrogens (tertiary/aromatic N) is 1. The molecule has 26 heavy (non-hydrogen) atoms. The average Bonchev–Trinajstić information content (AvgIpc) is 3.08. The van der Waals surface area contributed by atoms with E-state index >= 15 is 0 Å². The van der Waals surface area contributed by atoms with Gasteiger partial charge in [-0.3, -0.25) is 0 Å². The Bertz CT molecular complexity index is 759. The molecule has 0 fully saturated rings. The molecule has 0 aliphatic heterocycles. The van der Waals surface area contributed by atoms with E-state index < -0.39 is 0 Å². The minimum Gasteiger partial charge on any atom is -0.492 e. The van der Waals surface area contributed by atoms with Crippen molar-refractivity contribution >= 4 is 11.7 Å². The van der Waals surface area contributed by atoms with Crippen LogP contribution in [0.3, 0.4) is 0 Å². The van der Waals surface area contributed by atoms with E-state index in [9.17, 15) is 4.79 Å². The monoisotopic (exact) mass is 353 g/mol. The first-order valence-corrected chi connectivity index (χ1v) is 9.13. The summed E-state index contributed by atoms with van der Waals surface area (Å²) >= 11 is 0. The summed E-state index contributed by atoms with van der Waals surface area (Å²) in [4.78, 5) is 14.2. The smallest absolute Gasteiger partial charge is 0.319 e. The molecule has 0 aromatic heterocycles. The highest BCUT2D eigenvalue weighted by molar-refractivity contribution is 5.89. The summed E-state index contributed by atoms with van der Waals surface area (Å²) in [6.45, 7) is 1.97. The molecule has 3 rings (SSSR count). The molecule has 0 saturated heterocycles. The van der Waals surface area contributed by atoms with Gasteiger partial charge in [-0.1, -0.05) is 18.2 Å². The zero-order valence-corrected chi connectivity index (χ0v) is 15.5. The standard InChI is InChI=1S/C21H27N3O2/c1-24(2)11-12-26-20-8-3-5-16(13-20)15-22-21(25)23-19-10-9-17-6-4-7-18(17)14-19/h3,5,8-10,13-14H,4,6-7,11-12,15H2,1-2H3,(H2,22,23,25). The minimum absolute atomic E-state index is 0.193. The molecule has 5 nitrogen and oxygen atoms in total. The fourth-order valence-electron chi connectivity index (χ4n) is 3.10. The molecule has 2 aromatic rings. The fourth-order valence-corrected chi connectivity index (χ4v) is 3.10. The summed E-state index contributed by atoms with van der Waals surface area (Å²) in [7, 11) is 4.03. The Morgan fingerprint density at radius 2 is 1.96 bits per heavy atom. The van der Waals surface area contributed by atoms with Gasteiger partial charge in [-0.15, -0.1) is 0 Å². The Morgan fingerprint density at radius 1 is 1.12 bits per heavy atom. The number of carbonyl (C=O) groups is 1. The van der Waals surface area contributed by atoms with Crippen LogP contribution in [0.2, 0.25) is 0 Å². The van der Waals surface area contributed by atoms with Gasteiger partial charge in [0.2, 0.25) is 0 Å². The van der Waals surface area contributed by atoms with E-state index in [-0.39, 0.29) is 6.03 Å². The number of hydrogen-bond acceptors (Lipinski definition) is 3. The molecule has 0 radical (unpaired) electrons. The van der Waals surface area contributed by atoms with Crippen LogP contribution in [-0.4, -0.2) is 38.2 Å². The van der Waals surface area contributed by atoms with E-state index in [1.807, 2.05) is 44.4 Å². The Labute approximate surface area is 155 Å². The summed E-state index contributed by atoms with van der Waals surface area (Å²) < 4.78 is 5.73. The number of nitrogens with one attached hydrogen (secondary N) is 2. The lowest BCUT2D eigenvalue weighted by atomic mass is 10.1. The Hall–Kier alpha value is -2.53. The Balaban J connectivity index is 1.48. The van der Waals surface area contributed by atoms with Gasteiger partial charge in [-0.2, -0.15) is 0 Å². The summed E-state index contributed by atoms with van der Waals surface area (Å²) in [6.07, 6.45) is 3.46. The van der Waals surface area contributed by atoms with Crippen LogP contribution in [0.4, 0.5) is 10.5 Å². The SMILES string of the molecule is CN(C)CCOc1cccc(CNC(=O)Nc2ccc3c(c2)CCC3)c1. The first-order chi connectivity index (χ1) is 12.6. The average molecular weight is 353 g/mol. The number of likely N-dealkylation sites (N-methyl/N-ethyl adjacent to an activating group) is 1. The number of carbonyl (C=O) groups excluding carboxylic acids is 1. The number of fused-ring (bicyclic) bond motifs is 1. The van der Waals surface area contributed by atoms with Crippen molar-refractivity contribution in [3.8, 4) is 5.75 Å². The number of aryl methyl sites for hydroxylation is 2. The molecule has 0 atom stereocenters. The molecule has 138 valence electrons. The second kappa shape index (κ2) is 8.72. The lowest BCUT2D eigenvalue weighted by Crippen LogP contribution is -2.28. The molecule has 2 N–H and O–H groups in total. The van der Waals surface area contributed by atoms with Crippen LogP contribution < -0.4 is 15.4 Å². The maximum absolute atomic E-state index is 12.2. The summed E-state index contributed by atoms with van der Waals surface area (Å²) in [5, 5.41) is 5.82. The lowest BCUT2D eigenvalue weighted by molar-refractivity contribution is 0.251. The van der Waals surface area contributed by atoms with Gasteiger partial charge in [0.25, 0.3) is 0 Å². The Kier molecular flexibility index (Phi) is 6.12. The normalized spacial score (nSPS) is 12.7. The summed E-state index contributed by atoms with van der Waals surface area (Å²) in [6, 6.07) is 13.8. The third-order valence-corrected chi connectivity index (χ3v) is 4.52. The lowest BCUT2D eigenvalue weighted by Gasteiger charge is -2.12. The van der Waals surface area contributed by atoms with Gasteiger partial charge < -0.3 is 20.3 Å². The zero-order chi connectivity index (χ0) is 18.4. The third kappa shape index (κ3) is 5.23. The van der Waals surface area contributed by atoms with Crippen molar-refractivity contribution in [1.29, 1.82) is 0 Å². The van der Waals surface area contributed by atoms with E-state index in [0.29, 0.717) is 13.2 Å². The van der Waals surface area contributed by atoms with Crippen LogP contribution in [0.25, 0.3) is 0 Å². The van der Waals surface area contributed by atoms with Gasteiger partial charge in [0.15, 0.2) is 0 Å². The third-order valence-electron chi connectivity index (χ3n) is 4.52. The minimum atomic E-state index is -0.193. The van der Waals surface area contributed by atoms with Crippen molar-refractivity contribution in [2.45, 2.75) is 25.8 Å². The quantitative estimate of drug-likeness (QED) is 0.802. The van der Waals surface area contributed by atoms with E-state index in [4.69, 9.17) is 4.74 Å². The molecule has 2 aromatic carbocycles. The number of ether oxygens (including phenoxy) is 1. The molecule has 2 amide bonds. The molecule has 0 bridgehead atoms. The van der Waals surface area contributed by atoms with Crippen LogP contribution in [0, 0.1) is 0 Å². The second-order valence-corrected chi connectivity index (χ2v) is 6.94. The number of rotatable bonds is 7. The highest BCUT2D eigenvalue weighted by Gasteiger charge is 2.11. The number of urea groups is 1. The van der Waals surface area contributed by atoms with Gasteiger partial charge in [0, 0.05) is 18.8 Å². The topological polar surface area (TPSA) is 53.6 Å². The Morgan fingerprint density at radius 3 is 2.81 bits per heavy atom. The number of benzene rings is 2. The summed E-state index contributed by atoms with van der Waals surface area (Å²) in [5.74, 6) is 0.824. The number of amides is 2. The van der Waals surface area contributed by atoms with Gasteiger partial charge in [0.1, 0.15) is 12.4 Å². The maximum atomic E-state index is 12.2. The van der Waals surface area contributed by atoms with Gasteiger partial charge in [0.05, 0.1) is 0 Å². The van der Waals surface area contributed by atoms with E-state index in [1.54, 1.807) is 0 Å². The zero-order valence-electron chi connectivity index (χ0n) is 15.5. The predicted octanol–water partition coefficient (Wildman–Crippen LogP) is 3.44. The molecule has 0 saturated carbocycles. The first kappa shape index (κ1) is 18.3. The first-order valence-electron chi connectivity index (χ1n) is 9.13. The van der Waals surface area contributed by atoms with Crippen molar-refractivity contribution < 1.29 is 9.53 Å². The molecule has 0 spiro atoms. The molecule has 0 unspecified atom stereocenters. The van der Waals surface area contributed by atoms with E-state index in [1.165, 1.54) is 17.5 Å².